The minimum absolute atomic E-state index is 0.0749. The van der Waals surface area contributed by atoms with Gasteiger partial charge in [-0.05, 0) is 6.92 Å². The lowest BCUT2D eigenvalue weighted by Gasteiger charge is -2.17. The van der Waals surface area contributed by atoms with E-state index in [1.165, 1.54) is 14.0 Å². The number of esters is 1. The molecule has 0 aliphatic carbocycles. The maximum absolute atomic E-state index is 11.2. The second-order valence-corrected chi connectivity index (χ2v) is 3.21. The molecule has 0 aromatic rings. The molecular weight excluding hydrogens is 196 g/mol. The Balaban J connectivity index is 4.18. The predicted molar refractivity (Wildman–Crippen MR) is 57.3 cm³/mol. The molecule has 0 heterocycles. The highest BCUT2D eigenvalue weighted by atomic mass is 16.5. The normalized spacial score (nSPS) is 13.8. The van der Waals surface area contributed by atoms with Crippen LogP contribution in [-0.4, -0.2) is 37.6 Å². The zero-order chi connectivity index (χ0) is 11.8. The van der Waals surface area contributed by atoms with Gasteiger partial charge in [0.15, 0.2) is 0 Å². The number of methoxy groups -OCH3 is 1. The third kappa shape index (κ3) is 5.85. The topological polar surface area (TPSA) is 67.4 Å². The van der Waals surface area contributed by atoms with Gasteiger partial charge in [0.05, 0.1) is 7.11 Å². The molecule has 5 nitrogen and oxygen atoms in total. The maximum Gasteiger partial charge on any atom is 0.329 e. The number of nitrogens with one attached hydrogen (secondary N) is 2. The molecule has 2 unspecified atom stereocenters. The van der Waals surface area contributed by atoms with Crippen molar-refractivity contribution >= 4 is 11.9 Å². The van der Waals surface area contributed by atoms with E-state index in [1.54, 1.807) is 6.08 Å². The van der Waals surface area contributed by atoms with Gasteiger partial charge in [-0.1, -0.05) is 6.08 Å². The minimum atomic E-state index is -0.658. The zero-order valence-corrected chi connectivity index (χ0v) is 9.37. The standard InChI is InChI=1S/C10H18N2O3/c1-5-7(2)11-6-9(10(14)15-4)12-8(3)13/h5,7,9,11H,1,6H2,2-4H3,(H,12,13). The Morgan fingerprint density at radius 2 is 2.13 bits per heavy atom. The lowest BCUT2D eigenvalue weighted by atomic mass is 10.2. The molecular formula is C10H18N2O3. The van der Waals surface area contributed by atoms with E-state index < -0.39 is 12.0 Å². The van der Waals surface area contributed by atoms with Crippen LogP contribution in [0.3, 0.4) is 0 Å². The first-order chi connectivity index (χ1) is 7.01. The largest absolute Gasteiger partial charge is 0.467 e. The summed E-state index contributed by atoms with van der Waals surface area (Å²) < 4.78 is 4.56. The fourth-order valence-electron chi connectivity index (χ4n) is 0.968. The monoisotopic (exact) mass is 214 g/mol. The van der Waals surface area contributed by atoms with E-state index in [2.05, 4.69) is 21.9 Å². The van der Waals surface area contributed by atoms with Crippen molar-refractivity contribution in [3.8, 4) is 0 Å². The SMILES string of the molecule is C=CC(C)NCC(NC(C)=O)C(=O)OC. The number of hydrogen-bond acceptors (Lipinski definition) is 4. The molecule has 86 valence electrons. The van der Waals surface area contributed by atoms with Crippen molar-refractivity contribution in [2.24, 2.45) is 0 Å². The molecule has 2 N–H and O–H groups in total. The third-order valence-corrected chi connectivity index (χ3v) is 1.86. The van der Waals surface area contributed by atoms with Crippen LogP contribution < -0.4 is 10.6 Å². The van der Waals surface area contributed by atoms with Crippen LogP contribution in [0.2, 0.25) is 0 Å². The summed E-state index contributed by atoms with van der Waals surface area (Å²) in [7, 11) is 1.29. The Labute approximate surface area is 89.9 Å². The van der Waals surface area contributed by atoms with E-state index >= 15 is 0 Å². The molecule has 0 spiro atoms. The van der Waals surface area contributed by atoms with Crippen LogP contribution in [0.25, 0.3) is 0 Å². The molecule has 0 saturated carbocycles. The first kappa shape index (κ1) is 13.6. The summed E-state index contributed by atoms with van der Waals surface area (Å²) in [6.07, 6.45) is 1.71. The van der Waals surface area contributed by atoms with E-state index in [-0.39, 0.29) is 11.9 Å². The van der Waals surface area contributed by atoms with Crippen LogP contribution in [0.5, 0.6) is 0 Å². The van der Waals surface area contributed by atoms with Gasteiger partial charge in [0.25, 0.3) is 0 Å². The van der Waals surface area contributed by atoms with E-state index in [0.717, 1.165) is 0 Å². The van der Waals surface area contributed by atoms with E-state index in [4.69, 9.17) is 0 Å². The molecule has 0 rings (SSSR count). The number of ether oxygens (including phenoxy) is 1. The van der Waals surface area contributed by atoms with Crippen molar-refractivity contribution in [1.82, 2.24) is 10.6 Å². The third-order valence-electron chi connectivity index (χ3n) is 1.86. The van der Waals surface area contributed by atoms with Gasteiger partial charge >= 0.3 is 5.97 Å². The average Bonchev–Trinajstić information content (AvgIpc) is 2.21. The first-order valence-electron chi connectivity index (χ1n) is 4.72. The van der Waals surface area contributed by atoms with Crippen LogP contribution >= 0.6 is 0 Å². The van der Waals surface area contributed by atoms with Gasteiger partial charge in [0.2, 0.25) is 5.91 Å². The van der Waals surface area contributed by atoms with Gasteiger partial charge in [0, 0.05) is 19.5 Å². The molecule has 1 amide bonds. The molecule has 0 fully saturated rings. The summed E-state index contributed by atoms with van der Waals surface area (Å²) in [6.45, 7) is 7.17. The summed E-state index contributed by atoms with van der Waals surface area (Å²) in [4.78, 5) is 22.1. The maximum atomic E-state index is 11.2. The molecule has 0 aromatic carbocycles. The number of carbonyl (C=O) groups is 2. The minimum Gasteiger partial charge on any atom is -0.467 e. The second-order valence-electron chi connectivity index (χ2n) is 3.21. The molecule has 0 radical (unpaired) electrons. The molecule has 2 atom stereocenters. The van der Waals surface area contributed by atoms with Gasteiger partial charge in [-0.15, -0.1) is 6.58 Å². The van der Waals surface area contributed by atoms with Gasteiger partial charge in [0.1, 0.15) is 6.04 Å². The summed E-state index contributed by atoms with van der Waals surface area (Å²) in [6, 6.07) is -0.583. The van der Waals surface area contributed by atoms with Crippen LogP contribution in [0, 0.1) is 0 Å². The first-order valence-corrected chi connectivity index (χ1v) is 4.72. The van der Waals surface area contributed by atoms with Crippen molar-refractivity contribution in [1.29, 1.82) is 0 Å². The van der Waals surface area contributed by atoms with E-state index in [9.17, 15) is 9.59 Å². The van der Waals surface area contributed by atoms with Crippen LogP contribution in [0.15, 0.2) is 12.7 Å². The fourth-order valence-corrected chi connectivity index (χ4v) is 0.968. The Morgan fingerprint density at radius 1 is 1.53 bits per heavy atom. The molecule has 0 bridgehead atoms. The smallest absolute Gasteiger partial charge is 0.329 e. The second kappa shape index (κ2) is 7.00. The van der Waals surface area contributed by atoms with Gasteiger partial charge in [-0.25, -0.2) is 4.79 Å². The number of amides is 1. The van der Waals surface area contributed by atoms with Crippen LogP contribution in [0.4, 0.5) is 0 Å². The van der Waals surface area contributed by atoms with Gasteiger partial charge in [-0.3, -0.25) is 4.79 Å². The molecule has 0 aliphatic heterocycles. The van der Waals surface area contributed by atoms with Crippen LogP contribution in [0.1, 0.15) is 13.8 Å². The summed E-state index contributed by atoms with van der Waals surface area (Å²) in [5.74, 6) is -0.729. The average molecular weight is 214 g/mol. The molecule has 0 aliphatic rings. The van der Waals surface area contributed by atoms with E-state index in [0.29, 0.717) is 6.54 Å². The Bertz CT molecular complexity index is 241. The van der Waals surface area contributed by atoms with Crippen molar-refractivity contribution in [2.75, 3.05) is 13.7 Å². The molecule has 0 saturated heterocycles. The highest BCUT2D eigenvalue weighted by Crippen LogP contribution is 1.89. The summed E-state index contributed by atoms with van der Waals surface area (Å²) in [5.41, 5.74) is 0. The number of carbonyl (C=O) groups excluding carboxylic acids is 2. The lowest BCUT2D eigenvalue weighted by molar-refractivity contribution is -0.144. The lowest BCUT2D eigenvalue weighted by Crippen LogP contribution is -2.48. The van der Waals surface area contributed by atoms with Gasteiger partial charge < -0.3 is 15.4 Å². The fraction of sp³-hybridized carbons (Fsp3) is 0.600. The van der Waals surface area contributed by atoms with Crippen molar-refractivity contribution in [3.05, 3.63) is 12.7 Å². The van der Waals surface area contributed by atoms with E-state index in [1.807, 2.05) is 6.92 Å². The van der Waals surface area contributed by atoms with Crippen molar-refractivity contribution < 1.29 is 14.3 Å². The quantitative estimate of drug-likeness (QED) is 0.476. The summed E-state index contributed by atoms with van der Waals surface area (Å²) in [5, 5.41) is 5.52. The van der Waals surface area contributed by atoms with Crippen molar-refractivity contribution in [3.63, 3.8) is 0 Å². The number of rotatable bonds is 6. The zero-order valence-electron chi connectivity index (χ0n) is 9.37. The number of hydrogen-bond donors (Lipinski definition) is 2. The van der Waals surface area contributed by atoms with Crippen LogP contribution in [-0.2, 0) is 14.3 Å². The Hall–Kier alpha value is -1.36. The summed E-state index contributed by atoms with van der Waals surface area (Å²) >= 11 is 0. The molecule has 5 heteroatoms. The predicted octanol–water partition coefficient (Wildman–Crippen LogP) is -0.172. The van der Waals surface area contributed by atoms with Gasteiger partial charge in [-0.2, -0.15) is 0 Å². The molecule has 15 heavy (non-hydrogen) atoms. The Morgan fingerprint density at radius 3 is 2.53 bits per heavy atom. The van der Waals surface area contributed by atoms with Crippen molar-refractivity contribution in [2.45, 2.75) is 25.9 Å². The highest BCUT2D eigenvalue weighted by Gasteiger charge is 2.19. The highest BCUT2D eigenvalue weighted by molar-refractivity contribution is 5.83. The Kier molecular flexibility index (Phi) is 6.37. The molecule has 0 aromatic heterocycles.